The molecule has 0 bridgehead atoms. The average Bonchev–Trinajstić information content (AvgIpc) is 3.10. The third-order valence-corrected chi connectivity index (χ3v) is 5.12. The molecular weight excluding hydrogens is 372 g/mol. The Morgan fingerprint density at radius 1 is 1.07 bits per heavy atom. The van der Waals surface area contributed by atoms with E-state index >= 15 is 0 Å². The summed E-state index contributed by atoms with van der Waals surface area (Å²) in [7, 11) is 1.57. The van der Waals surface area contributed by atoms with Gasteiger partial charge in [-0.05, 0) is 61.7 Å². The van der Waals surface area contributed by atoms with E-state index in [1.165, 1.54) is 0 Å². The molecular formula is C21H22N4O4. The lowest BCUT2D eigenvalue weighted by Crippen LogP contribution is -2.35. The molecule has 1 saturated heterocycles. The minimum absolute atomic E-state index is 0.0478. The number of nitrogens with zero attached hydrogens (tertiary/aromatic N) is 3. The summed E-state index contributed by atoms with van der Waals surface area (Å²) in [6.45, 7) is 1.47. The minimum Gasteiger partial charge on any atom is -0.497 e. The van der Waals surface area contributed by atoms with Gasteiger partial charge in [0.2, 0.25) is 0 Å². The normalized spacial score (nSPS) is 14.0. The second-order valence-electron chi connectivity index (χ2n) is 7.01. The van der Waals surface area contributed by atoms with Gasteiger partial charge in [-0.2, -0.15) is 0 Å². The Morgan fingerprint density at radius 2 is 1.79 bits per heavy atom. The maximum atomic E-state index is 12.8. The summed E-state index contributed by atoms with van der Waals surface area (Å²) in [5.41, 5.74) is 1.45. The number of hydrogen-bond donors (Lipinski definition) is 2. The van der Waals surface area contributed by atoms with Crippen LogP contribution in [0.1, 0.15) is 40.1 Å². The second kappa shape index (κ2) is 7.83. The minimum atomic E-state index is -0.476. The number of likely N-dealkylation sites (tertiary alicyclic amines) is 1. The number of carbonyl (C=O) groups is 2. The number of amides is 2. The lowest BCUT2D eigenvalue weighted by atomic mass is 10.1. The van der Waals surface area contributed by atoms with Crippen molar-refractivity contribution in [2.45, 2.75) is 19.3 Å². The largest absolute Gasteiger partial charge is 0.497 e. The van der Waals surface area contributed by atoms with E-state index in [9.17, 15) is 14.8 Å². The quantitative estimate of drug-likeness (QED) is 0.663. The second-order valence-corrected chi connectivity index (χ2v) is 7.01. The molecule has 150 valence electrons. The van der Waals surface area contributed by atoms with Crippen molar-refractivity contribution in [1.29, 1.82) is 0 Å². The molecule has 1 aliphatic heterocycles. The summed E-state index contributed by atoms with van der Waals surface area (Å²) in [4.78, 5) is 28.0. The zero-order chi connectivity index (χ0) is 20.4. The summed E-state index contributed by atoms with van der Waals surface area (Å²) in [6, 6.07) is 11.7. The molecule has 2 aromatic carbocycles. The number of rotatable bonds is 4. The molecule has 29 heavy (non-hydrogen) atoms. The van der Waals surface area contributed by atoms with Crippen LogP contribution in [0.15, 0.2) is 42.5 Å². The van der Waals surface area contributed by atoms with Crippen LogP contribution < -0.4 is 10.1 Å². The van der Waals surface area contributed by atoms with Crippen molar-refractivity contribution >= 4 is 28.4 Å². The van der Waals surface area contributed by atoms with Crippen molar-refractivity contribution in [2.24, 2.45) is 0 Å². The number of nitrogens with one attached hydrogen (secondary N) is 1. The van der Waals surface area contributed by atoms with E-state index in [4.69, 9.17) is 4.74 Å². The standard InChI is InChI=1S/C21H22N4O4/c1-29-16-8-6-15(7-9-16)22-20(26)19-17-13-14(5-10-18(17)25(28)23-19)21(27)24-11-3-2-4-12-24/h5-10,13,28H,2-4,11-12H2,1H3,(H,22,26). The smallest absolute Gasteiger partial charge is 0.276 e. The Kier molecular flexibility index (Phi) is 5.07. The third kappa shape index (κ3) is 3.73. The molecule has 2 heterocycles. The molecule has 2 amide bonds. The Bertz CT molecular complexity index is 1050. The number of carbonyl (C=O) groups excluding carboxylic acids is 2. The Morgan fingerprint density at radius 3 is 2.48 bits per heavy atom. The van der Waals surface area contributed by atoms with Crippen molar-refractivity contribution in [3.05, 3.63) is 53.7 Å². The van der Waals surface area contributed by atoms with Gasteiger partial charge in [0.25, 0.3) is 11.8 Å². The molecule has 0 atom stereocenters. The van der Waals surface area contributed by atoms with Gasteiger partial charge in [0.15, 0.2) is 5.69 Å². The van der Waals surface area contributed by atoms with E-state index in [2.05, 4.69) is 10.4 Å². The molecule has 2 N–H and O–H groups in total. The number of methoxy groups -OCH3 is 1. The fourth-order valence-corrected chi connectivity index (χ4v) is 3.55. The summed E-state index contributed by atoms with van der Waals surface area (Å²) in [5.74, 6) is 0.128. The highest BCUT2D eigenvalue weighted by Crippen LogP contribution is 2.23. The fraction of sp³-hybridized carbons (Fsp3) is 0.286. The molecule has 8 nitrogen and oxygen atoms in total. The zero-order valence-electron chi connectivity index (χ0n) is 16.1. The maximum Gasteiger partial charge on any atom is 0.276 e. The van der Waals surface area contributed by atoms with Crippen LogP contribution in [-0.2, 0) is 0 Å². The van der Waals surface area contributed by atoms with Gasteiger partial charge < -0.3 is 20.2 Å². The number of anilines is 1. The molecule has 0 unspecified atom stereocenters. The van der Waals surface area contributed by atoms with E-state index in [1.54, 1.807) is 49.6 Å². The van der Waals surface area contributed by atoms with Gasteiger partial charge in [-0.3, -0.25) is 9.59 Å². The van der Waals surface area contributed by atoms with Gasteiger partial charge in [0.1, 0.15) is 11.3 Å². The highest BCUT2D eigenvalue weighted by atomic mass is 16.5. The van der Waals surface area contributed by atoms with E-state index in [0.717, 1.165) is 32.4 Å². The zero-order valence-corrected chi connectivity index (χ0v) is 16.1. The van der Waals surface area contributed by atoms with Gasteiger partial charge in [0.05, 0.1) is 7.11 Å². The maximum absolute atomic E-state index is 12.8. The molecule has 0 aliphatic carbocycles. The molecule has 1 aliphatic rings. The van der Waals surface area contributed by atoms with Crippen LogP contribution in [0.5, 0.6) is 5.75 Å². The predicted molar refractivity (Wildman–Crippen MR) is 108 cm³/mol. The number of ether oxygens (including phenoxy) is 1. The number of piperidine rings is 1. The molecule has 4 rings (SSSR count). The molecule has 8 heteroatoms. The monoisotopic (exact) mass is 394 g/mol. The lowest BCUT2D eigenvalue weighted by Gasteiger charge is -2.26. The van der Waals surface area contributed by atoms with E-state index in [0.29, 0.717) is 32.7 Å². The van der Waals surface area contributed by atoms with Gasteiger partial charge in [0, 0.05) is 29.7 Å². The molecule has 1 fully saturated rings. The van der Waals surface area contributed by atoms with Crippen molar-refractivity contribution in [2.75, 3.05) is 25.5 Å². The first-order valence-electron chi connectivity index (χ1n) is 9.53. The Labute approximate surface area is 167 Å². The summed E-state index contributed by atoms with van der Waals surface area (Å²) in [6.07, 6.45) is 3.13. The van der Waals surface area contributed by atoms with Gasteiger partial charge in [-0.1, -0.05) is 0 Å². The number of hydrogen-bond acceptors (Lipinski definition) is 5. The lowest BCUT2D eigenvalue weighted by molar-refractivity contribution is 0.0724. The first-order chi connectivity index (χ1) is 14.1. The molecule has 1 aromatic heterocycles. The summed E-state index contributed by atoms with van der Waals surface area (Å²) in [5, 5.41) is 17.2. The molecule has 0 spiro atoms. The molecule has 0 radical (unpaired) electrons. The van der Waals surface area contributed by atoms with Crippen molar-refractivity contribution in [3.8, 4) is 5.75 Å². The van der Waals surface area contributed by atoms with Crippen LogP contribution in [0.25, 0.3) is 10.9 Å². The average molecular weight is 394 g/mol. The van der Waals surface area contributed by atoms with Crippen LogP contribution in [0, 0.1) is 0 Å². The van der Waals surface area contributed by atoms with Crippen LogP contribution in [-0.4, -0.2) is 52.1 Å². The topological polar surface area (TPSA) is 96.7 Å². The van der Waals surface area contributed by atoms with Gasteiger partial charge in [-0.25, -0.2) is 0 Å². The van der Waals surface area contributed by atoms with E-state index in [-0.39, 0.29) is 11.6 Å². The number of benzene rings is 2. The highest BCUT2D eigenvalue weighted by molar-refractivity contribution is 6.12. The van der Waals surface area contributed by atoms with Crippen LogP contribution in [0.2, 0.25) is 0 Å². The third-order valence-electron chi connectivity index (χ3n) is 5.12. The summed E-state index contributed by atoms with van der Waals surface area (Å²) >= 11 is 0. The van der Waals surface area contributed by atoms with E-state index < -0.39 is 5.91 Å². The fourth-order valence-electron chi connectivity index (χ4n) is 3.55. The Balaban J connectivity index is 1.62. The van der Waals surface area contributed by atoms with Gasteiger partial charge >= 0.3 is 0 Å². The SMILES string of the molecule is COc1ccc(NC(=O)c2nn(O)c3ccc(C(=O)N4CCCCC4)cc23)cc1. The van der Waals surface area contributed by atoms with Crippen LogP contribution in [0.3, 0.4) is 0 Å². The number of fused-ring (bicyclic) bond motifs is 1. The molecule has 3 aromatic rings. The van der Waals surface area contributed by atoms with Crippen molar-refractivity contribution in [3.63, 3.8) is 0 Å². The van der Waals surface area contributed by atoms with Crippen molar-refractivity contribution in [1.82, 2.24) is 14.8 Å². The van der Waals surface area contributed by atoms with Crippen molar-refractivity contribution < 1.29 is 19.5 Å². The number of aromatic nitrogens is 2. The van der Waals surface area contributed by atoms with Crippen LogP contribution in [0.4, 0.5) is 5.69 Å². The first-order valence-corrected chi connectivity index (χ1v) is 9.53. The Hall–Kier alpha value is -3.55. The van der Waals surface area contributed by atoms with Crippen LogP contribution >= 0.6 is 0 Å². The summed E-state index contributed by atoms with van der Waals surface area (Å²) < 4.78 is 5.11. The molecule has 0 saturated carbocycles. The predicted octanol–water partition coefficient (Wildman–Crippen LogP) is 3.16. The highest BCUT2D eigenvalue weighted by Gasteiger charge is 2.22. The van der Waals surface area contributed by atoms with Gasteiger partial charge in [-0.15, -0.1) is 9.94 Å². The first kappa shape index (κ1) is 18.8. The van der Waals surface area contributed by atoms with E-state index in [1.807, 2.05) is 4.90 Å².